The quantitative estimate of drug-likeness (QED) is 0.320. The molecule has 32 heavy (non-hydrogen) atoms. The summed E-state index contributed by atoms with van der Waals surface area (Å²) in [5.41, 5.74) is 2.46. The monoisotopic (exact) mass is 440 g/mol. The van der Waals surface area contributed by atoms with E-state index in [-0.39, 0.29) is 17.3 Å². The fourth-order valence-corrected chi connectivity index (χ4v) is 4.23. The SMILES string of the molecule is C/C(=C\CCC1(C)C=Cc2cc(O)cc(C)c2O1)CC/C=C1/CCC(C(C)(C)O)OC1=O. The number of allylic oxidation sites excluding steroid dienone is 3. The molecule has 1 saturated heterocycles. The number of phenolic OH excluding ortho intramolecular Hbond substituents is 1. The van der Waals surface area contributed by atoms with E-state index in [0.29, 0.717) is 18.4 Å². The van der Waals surface area contributed by atoms with Gasteiger partial charge in [-0.05, 0) is 96.9 Å². The lowest BCUT2D eigenvalue weighted by molar-refractivity contribution is -0.162. The number of carbonyl (C=O) groups is 1. The Morgan fingerprint density at radius 3 is 2.75 bits per heavy atom. The maximum absolute atomic E-state index is 12.2. The molecule has 1 aromatic rings. The molecule has 5 nitrogen and oxygen atoms in total. The highest BCUT2D eigenvalue weighted by Crippen LogP contribution is 2.38. The van der Waals surface area contributed by atoms with E-state index < -0.39 is 11.7 Å². The minimum atomic E-state index is -1.00. The van der Waals surface area contributed by atoms with Crippen LogP contribution in [0.25, 0.3) is 6.08 Å². The van der Waals surface area contributed by atoms with Crippen molar-refractivity contribution >= 4 is 12.0 Å². The number of benzene rings is 1. The van der Waals surface area contributed by atoms with Crippen LogP contribution in [0, 0.1) is 6.92 Å². The number of hydrogen-bond donors (Lipinski definition) is 2. The molecular weight excluding hydrogens is 404 g/mol. The van der Waals surface area contributed by atoms with Gasteiger partial charge in [0, 0.05) is 11.1 Å². The van der Waals surface area contributed by atoms with Gasteiger partial charge in [-0.1, -0.05) is 23.8 Å². The Balaban J connectivity index is 1.48. The van der Waals surface area contributed by atoms with Crippen molar-refractivity contribution in [2.24, 2.45) is 0 Å². The van der Waals surface area contributed by atoms with E-state index in [0.717, 1.165) is 42.6 Å². The minimum Gasteiger partial charge on any atom is -0.508 e. The van der Waals surface area contributed by atoms with Crippen molar-refractivity contribution in [2.45, 2.75) is 90.4 Å². The summed E-state index contributed by atoms with van der Waals surface area (Å²) in [6.07, 6.45) is 12.6. The van der Waals surface area contributed by atoms with E-state index in [2.05, 4.69) is 26.0 Å². The summed E-state index contributed by atoms with van der Waals surface area (Å²) in [5, 5.41) is 19.8. The summed E-state index contributed by atoms with van der Waals surface area (Å²) in [4.78, 5) is 12.2. The summed E-state index contributed by atoms with van der Waals surface area (Å²) in [6.45, 7) is 9.50. The standard InChI is InChI=1S/C27H36O5/c1-18(8-6-10-20-11-12-23(26(3,4)30)31-25(20)29)9-7-14-27(5)15-13-21-17-22(28)16-19(2)24(21)32-27/h9-10,13,15-17,23,28,30H,6-8,11-12,14H2,1-5H3/b18-9+,20-10-. The summed E-state index contributed by atoms with van der Waals surface area (Å²) >= 11 is 0. The van der Waals surface area contributed by atoms with E-state index in [4.69, 9.17) is 9.47 Å². The van der Waals surface area contributed by atoms with Gasteiger partial charge in [-0.15, -0.1) is 0 Å². The number of aryl methyl sites for hydroxylation is 1. The Morgan fingerprint density at radius 2 is 2.06 bits per heavy atom. The molecule has 0 radical (unpaired) electrons. The molecule has 0 spiro atoms. The van der Waals surface area contributed by atoms with Crippen LogP contribution in [0.1, 0.15) is 77.3 Å². The van der Waals surface area contributed by atoms with E-state index in [9.17, 15) is 15.0 Å². The van der Waals surface area contributed by atoms with Gasteiger partial charge in [-0.3, -0.25) is 0 Å². The highest BCUT2D eigenvalue weighted by Gasteiger charge is 2.35. The summed E-state index contributed by atoms with van der Waals surface area (Å²) < 4.78 is 11.7. The van der Waals surface area contributed by atoms with E-state index >= 15 is 0 Å². The van der Waals surface area contributed by atoms with Gasteiger partial charge in [-0.2, -0.15) is 0 Å². The van der Waals surface area contributed by atoms with Gasteiger partial charge in [0.1, 0.15) is 23.2 Å². The third-order valence-electron chi connectivity index (χ3n) is 6.28. The highest BCUT2D eigenvalue weighted by molar-refractivity contribution is 5.89. The third kappa shape index (κ3) is 6.04. The number of ether oxygens (including phenoxy) is 2. The number of hydrogen-bond acceptors (Lipinski definition) is 5. The smallest absolute Gasteiger partial charge is 0.334 e. The average molecular weight is 441 g/mol. The van der Waals surface area contributed by atoms with Gasteiger partial charge in [0.15, 0.2) is 0 Å². The Bertz CT molecular complexity index is 948. The van der Waals surface area contributed by atoms with Gasteiger partial charge in [0.25, 0.3) is 0 Å². The molecule has 5 heteroatoms. The van der Waals surface area contributed by atoms with Crippen molar-refractivity contribution in [3.63, 3.8) is 0 Å². The van der Waals surface area contributed by atoms with Crippen LogP contribution < -0.4 is 4.74 Å². The van der Waals surface area contributed by atoms with Gasteiger partial charge in [0.05, 0.1) is 5.60 Å². The first-order chi connectivity index (χ1) is 15.0. The van der Waals surface area contributed by atoms with Gasteiger partial charge < -0.3 is 19.7 Å². The van der Waals surface area contributed by atoms with E-state index in [1.807, 2.05) is 19.1 Å². The summed E-state index contributed by atoms with van der Waals surface area (Å²) in [6, 6.07) is 3.45. The number of aromatic hydroxyl groups is 1. The molecule has 3 rings (SSSR count). The number of phenols is 1. The fraction of sp³-hybridized carbons (Fsp3) is 0.519. The van der Waals surface area contributed by atoms with Gasteiger partial charge >= 0.3 is 5.97 Å². The lowest BCUT2D eigenvalue weighted by Gasteiger charge is -2.32. The molecule has 2 N–H and O–H groups in total. The molecule has 0 aromatic heterocycles. The highest BCUT2D eigenvalue weighted by atomic mass is 16.6. The molecule has 0 bridgehead atoms. The van der Waals surface area contributed by atoms with Crippen molar-refractivity contribution in [3.05, 3.63) is 52.6 Å². The first-order valence-electron chi connectivity index (χ1n) is 11.5. The second-order valence-electron chi connectivity index (χ2n) is 9.87. The molecule has 2 unspecified atom stereocenters. The van der Waals surface area contributed by atoms with Crippen molar-refractivity contribution < 1.29 is 24.5 Å². The number of esters is 1. The molecule has 2 aliphatic heterocycles. The zero-order valence-corrected chi connectivity index (χ0v) is 19.9. The van der Waals surface area contributed by atoms with Crippen LogP contribution in [0.15, 0.2) is 41.5 Å². The second kappa shape index (κ2) is 9.53. The van der Waals surface area contributed by atoms with Crippen LogP contribution in [0.5, 0.6) is 11.5 Å². The minimum absolute atomic E-state index is 0.255. The van der Waals surface area contributed by atoms with Crippen LogP contribution in [-0.2, 0) is 9.53 Å². The van der Waals surface area contributed by atoms with E-state index in [1.54, 1.807) is 26.0 Å². The number of fused-ring (bicyclic) bond motifs is 1. The topological polar surface area (TPSA) is 76.0 Å². The van der Waals surface area contributed by atoms with Crippen LogP contribution in [-0.4, -0.2) is 33.5 Å². The number of cyclic esters (lactones) is 1. The zero-order valence-electron chi connectivity index (χ0n) is 19.9. The van der Waals surface area contributed by atoms with Gasteiger partial charge in [0.2, 0.25) is 0 Å². The Labute approximate surface area is 191 Å². The largest absolute Gasteiger partial charge is 0.508 e. The molecular formula is C27H36O5. The first kappa shape index (κ1) is 24.1. The van der Waals surface area contributed by atoms with Crippen LogP contribution in [0.2, 0.25) is 0 Å². The predicted octanol–water partition coefficient (Wildman–Crippen LogP) is 5.77. The van der Waals surface area contributed by atoms with Crippen molar-refractivity contribution in [1.29, 1.82) is 0 Å². The second-order valence-corrected chi connectivity index (χ2v) is 9.87. The molecule has 1 fully saturated rings. The molecule has 0 amide bonds. The molecule has 2 aliphatic rings. The average Bonchev–Trinajstić information content (AvgIpc) is 2.69. The molecule has 0 saturated carbocycles. The van der Waals surface area contributed by atoms with Crippen molar-refractivity contribution in [1.82, 2.24) is 0 Å². The fourth-order valence-electron chi connectivity index (χ4n) is 4.23. The van der Waals surface area contributed by atoms with Crippen molar-refractivity contribution in [3.8, 4) is 11.5 Å². The lowest BCUT2D eigenvalue weighted by atomic mass is 9.92. The lowest BCUT2D eigenvalue weighted by Crippen LogP contribution is -2.42. The number of rotatable bonds is 7. The summed E-state index contributed by atoms with van der Waals surface area (Å²) in [7, 11) is 0. The molecule has 174 valence electrons. The Morgan fingerprint density at radius 1 is 1.31 bits per heavy atom. The molecule has 0 aliphatic carbocycles. The predicted molar refractivity (Wildman–Crippen MR) is 127 cm³/mol. The summed E-state index contributed by atoms with van der Waals surface area (Å²) in [5.74, 6) is 0.791. The first-order valence-corrected chi connectivity index (χ1v) is 11.5. The van der Waals surface area contributed by atoms with Crippen LogP contribution in [0.3, 0.4) is 0 Å². The van der Waals surface area contributed by atoms with Crippen LogP contribution in [0.4, 0.5) is 0 Å². The Kier molecular flexibility index (Phi) is 7.19. The van der Waals surface area contributed by atoms with Crippen LogP contribution >= 0.6 is 0 Å². The van der Waals surface area contributed by atoms with Gasteiger partial charge in [-0.25, -0.2) is 4.79 Å². The number of aliphatic hydroxyl groups is 1. The Hall–Kier alpha value is -2.53. The van der Waals surface area contributed by atoms with E-state index in [1.165, 1.54) is 5.57 Å². The maximum Gasteiger partial charge on any atom is 0.334 e. The molecule has 2 heterocycles. The van der Waals surface area contributed by atoms with Crippen molar-refractivity contribution in [2.75, 3.05) is 0 Å². The molecule has 2 atom stereocenters. The third-order valence-corrected chi connectivity index (χ3v) is 6.28. The maximum atomic E-state index is 12.2. The number of carbonyl (C=O) groups excluding carboxylic acids is 1. The molecule has 1 aromatic carbocycles. The normalized spacial score (nSPS) is 24.8. The zero-order chi connectivity index (χ0) is 23.5.